The highest BCUT2D eigenvalue weighted by Gasteiger charge is 2.17. The van der Waals surface area contributed by atoms with Gasteiger partial charge in [0.15, 0.2) is 0 Å². The molecule has 0 fully saturated rings. The summed E-state index contributed by atoms with van der Waals surface area (Å²) < 4.78 is 0. The molecule has 0 saturated carbocycles. The molecule has 0 unspecified atom stereocenters. The van der Waals surface area contributed by atoms with Gasteiger partial charge in [0.25, 0.3) is 5.91 Å². The van der Waals surface area contributed by atoms with E-state index < -0.39 is 0 Å². The quantitative estimate of drug-likeness (QED) is 0.375. The van der Waals surface area contributed by atoms with Crippen LogP contribution in [-0.2, 0) is 4.79 Å². The topological polar surface area (TPSA) is 70.4 Å². The third kappa shape index (κ3) is 5.28. The Balaban J connectivity index is 2.60. The lowest BCUT2D eigenvalue weighted by molar-refractivity contribution is -0.122. The molecule has 0 aliphatic carbocycles. The molecule has 1 rings (SSSR count). The van der Waals surface area contributed by atoms with Gasteiger partial charge in [0, 0.05) is 12.2 Å². The number of amides is 1. The second-order valence-electron chi connectivity index (χ2n) is 4.39. The summed E-state index contributed by atoms with van der Waals surface area (Å²) in [5, 5.41) is 3.21. The van der Waals surface area contributed by atoms with Crippen LogP contribution >= 0.6 is 0 Å². The third-order valence-corrected chi connectivity index (χ3v) is 3.20. The van der Waals surface area contributed by atoms with Gasteiger partial charge in [-0.2, -0.15) is 0 Å². The zero-order chi connectivity index (χ0) is 14.1. The number of nitrogens with one attached hydrogen (secondary N) is 2. The van der Waals surface area contributed by atoms with E-state index >= 15 is 0 Å². The van der Waals surface area contributed by atoms with E-state index in [0.717, 1.165) is 31.7 Å². The molecule has 19 heavy (non-hydrogen) atoms. The van der Waals surface area contributed by atoms with Crippen LogP contribution in [0, 0.1) is 0 Å². The summed E-state index contributed by atoms with van der Waals surface area (Å²) in [7, 11) is 0. The van der Waals surface area contributed by atoms with Gasteiger partial charge < -0.3 is 10.2 Å². The monoisotopic (exact) mass is 264 g/mol. The zero-order valence-electron chi connectivity index (χ0n) is 11.7. The highest BCUT2D eigenvalue weighted by molar-refractivity contribution is 5.84. The van der Waals surface area contributed by atoms with Crippen molar-refractivity contribution >= 4 is 11.6 Å². The molecule has 5 nitrogen and oxygen atoms in total. The molecule has 0 spiro atoms. The highest BCUT2D eigenvalue weighted by atomic mass is 16.2. The Morgan fingerprint density at radius 1 is 1.26 bits per heavy atom. The summed E-state index contributed by atoms with van der Waals surface area (Å²) in [6.07, 6.45) is 0.722. The second-order valence-corrected chi connectivity index (χ2v) is 4.39. The first-order valence-corrected chi connectivity index (χ1v) is 6.75. The van der Waals surface area contributed by atoms with Gasteiger partial charge in [0.05, 0.1) is 0 Å². The largest absolute Gasteiger partial charge is 0.374 e. The van der Waals surface area contributed by atoms with E-state index in [1.165, 1.54) is 0 Å². The molecular formula is C14H24N4O. The van der Waals surface area contributed by atoms with E-state index in [1.807, 2.05) is 30.3 Å². The molecule has 0 saturated heterocycles. The standard InChI is InChI=1S/C14H24N4O/c1-3-18(4-2)11-10-13(14(19)17-15)16-12-8-6-5-7-9-12/h5-9,13,16H,3-4,10-11,15H2,1-2H3,(H,17,19)/t13-/m1/s1. The lowest BCUT2D eigenvalue weighted by Gasteiger charge is -2.23. The number of para-hydroxylation sites is 1. The normalized spacial score (nSPS) is 12.2. The molecule has 106 valence electrons. The van der Waals surface area contributed by atoms with E-state index in [9.17, 15) is 4.79 Å². The van der Waals surface area contributed by atoms with E-state index in [0.29, 0.717) is 0 Å². The van der Waals surface area contributed by atoms with Gasteiger partial charge in [0.1, 0.15) is 6.04 Å². The van der Waals surface area contributed by atoms with Crippen LogP contribution in [0.2, 0.25) is 0 Å². The molecule has 0 aromatic heterocycles. The second kappa shape index (κ2) is 8.50. The highest BCUT2D eigenvalue weighted by Crippen LogP contribution is 2.09. The average Bonchev–Trinajstić information content (AvgIpc) is 2.47. The van der Waals surface area contributed by atoms with Gasteiger partial charge >= 0.3 is 0 Å². The van der Waals surface area contributed by atoms with Crippen LogP contribution < -0.4 is 16.6 Å². The van der Waals surface area contributed by atoms with Crippen molar-refractivity contribution in [3.05, 3.63) is 30.3 Å². The number of hydrogen-bond acceptors (Lipinski definition) is 4. The number of benzene rings is 1. The molecule has 0 aliphatic heterocycles. The number of anilines is 1. The molecular weight excluding hydrogens is 240 g/mol. The van der Waals surface area contributed by atoms with Gasteiger partial charge in [-0.25, -0.2) is 5.84 Å². The molecule has 1 atom stereocenters. The van der Waals surface area contributed by atoms with Crippen molar-refractivity contribution in [2.45, 2.75) is 26.3 Å². The predicted octanol–water partition coefficient (Wildman–Crippen LogP) is 1.19. The Kier molecular flexibility index (Phi) is 6.92. The number of nitrogens with zero attached hydrogens (tertiary/aromatic N) is 1. The first kappa shape index (κ1) is 15.5. The Morgan fingerprint density at radius 3 is 2.42 bits per heavy atom. The summed E-state index contributed by atoms with van der Waals surface area (Å²) in [5.74, 6) is 5.06. The minimum absolute atomic E-state index is 0.184. The molecule has 5 heteroatoms. The number of hydrogen-bond donors (Lipinski definition) is 3. The number of rotatable bonds is 8. The SMILES string of the molecule is CCN(CC)CC[C@@H](Nc1ccccc1)C(=O)NN. The van der Waals surface area contributed by atoms with Crippen LogP contribution in [0.1, 0.15) is 20.3 Å². The van der Waals surface area contributed by atoms with Crippen LogP contribution in [0.5, 0.6) is 0 Å². The molecule has 0 aliphatic rings. The van der Waals surface area contributed by atoms with Crippen molar-refractivity contribution in [1.82, 2.24) is 10.3 Å². The third-order valence-electron chi connectivity index (χ3n) is 3.20. The van der Waals surface area contributed by atoms with Crippen molar-refractivity contribution in [3.63, 3.8) is 0 Å². The Morgan fingerprint density at radius 2 is 1.89 bits per heavy atom. The maximum Gasteiger partial charge on any atom is 0.256 e. The Labute approximate surface area is 115 Å². The zero-order valence-corrected chi connectivity index (χ0v) is 11.7. The van der Waals surface area contributed by atoms with Crippen molar-refractivity contribution < 1.29 is 4.79 Å². The number of carbonyl (C=O) groups is 1. The fourth-order valence-electron chi connectivity index (χ4n) is 1.96. The maximum atomic E-state index is 11.8. The number of carbonyl (C=O) groups excluding carboxylic acids is 1. The summed E-state index contributed by atoms with van der Waals surface area (Å²) >= 11 is 0. The molecule has 0 radical (unpaired) electrons. The summed E-state index contributed by atoms with van der Waals surface area (Å²) in [6, 6.07) is 9.38. The van der Waals surface area contributed by atoms with Crippen molar-refractivity contribution in [2.24, 2.45) is 5.84 Å². The Hall–Kier alpha value is -1.59. The summed E-state index contributed by atoms with van der Waals surface area (Å²) in [4.78, 5) is 14.1. The number of hydrazine groups is 1. The van der Waals surface area contributed by atoms with Crippen molar-refractivity contribution in [3.8, 4) is 0 Å². The van der Waals surface area contributed by atoms with Crippen LogP contribution in [0.3, 0.4) is 0 Å². The minimum Gasteiger partial charge on any atom is -0.374 e. The first-order valence-electron chi connectivity index (χ1n) is 6.75. The van der Waals surface area contributed by atoms with Crippen LogP contribution in [0.4, 0.5) is 5.69 Å². The molecule has 1 aromatic rings. The lowest BCUT2D eigenvalue weighted by atomic mass is 10.1. The molecule has 4 N–H and O–H groups in total. The van der Waals surface area contributed by atoms with Crippen LogP contribution in [-0.4, -0.2) is 36.5 Å². The van der Waals surface area contributed by atoms with Gasteiger partial charge in [-0.15, -0.1) is 0 Å². The summed E-state index contributed by atoms with van der Waals surface area (Å²) in [6.45, 7) is 7.07. The molecule has 0 bridgehead atoms. The molecule has 1 amide bonds. The van der Waals surface area contributed by atoms with E-state index in [-0.39, 0.29) is 11.9 Å². The van der Waals surface area contributed by atoms with Crippen LogP contribution in [0.15, 0.2) is 30.3 Å². The van der Waals surface area contributed by atoms with Gasteiger partial charge in [-0.1, -0.05) is 32.0 Å². The summed E-state index contributed by atoms with van der Waals surface area (Å²) in [5.41, 5.74) is 3.15. The van der Waals surface area contributed by atoms with Gasteiger partial charge in [-0.3, -0.25) is 10.2 Å². The maximum absolute atomic E-state index is 11.8. The smallest absolute Gasteiger partial charge is 0.256 e. The average molecular weight is 264 g/mol. The van der Waals surface area contributed by atoms with E-state index in [1.54, 1.807) is 0 Å². The van der Waals surface area contributed by atoms with Gasteiger partial charge in [-0.05, 0) is 31.6 Å². The van der Waals surface area contributed by atoms with Gasteiger partial charge in [0.2, 0.25) is 0 Å². The minimum atomic E-state index is -0.312. The van der Waals surface area contributed by atoms with Crippen LogP contribution in [0.25, 0.3) is 0 Å². The fourth-order valence-corrected chi connectivity index (χ4v) is 1.96. The lowest BCUT2D eigenvalue weighted by Crippen LogP contribution is -2.44. The molecule has 0 heterocycles. The molecule has 1 aromatic carbocycles. The van der Waals surface area contributed by atoms with E-state index in [4.69, 9.17) is 5.84 Å². The Bertz CT molecular complexity index is 365. The van der Waals surface area contributed by atoms with E-state index in [2.05, 4.69) is 29.5 Å². The number of nitrogens with two attached hydrogens (primary N) is 1. The fraction of sp³-hybridized carbons (Fsp3) is 0.500. The van der Waals surface area contributed by atoms with Crippen molar-refractivity contribution in [1.29, 1.82) is 0 Å². The predicted molar refractivity (Wildman–Crippen MR) is 78.6 cm³/mol. The van der Waals surface area contributed by atoms with Crippen molar-refractivity contribution in [2.75, 3.05) is 25.0 Å². The first-order chi connectivity index (χ1) is 9.21.